The van der Waals surface area contributed by atoms with Gasteiger partial charge in [-0.25, -0.2) is 0 Å². The van der Waals surface area contributed by atoms with Crippen LogP contribution >= 0.6 is 7.82 Å². The van der Waals surface area contributed by atoms with Crippen LogP contribution in [-0.2, 0) is 32.7 Å². The number of phosphoric ester groups is 1. The summed E-state index contributed by atoms with van der Waals surface area (Å²) < 4.78 is 34.4. The van der Waals surface area contributed by atoms with Gasteiger partial charge in [0.25, 0.3) is 7.82 Å². The lowest BCUT2D eigenvalue weighted by molar-refractivity contribution is -0.870. The first-order valence-electron chi connectivity index (χ1n) is 37.9. The number of allylic oxidation sites excluding steroid dienone is 22. The molecule has 0 spiro atoms. The molecule has 10 heteroatoms. The molecule has 0 aliphatic rings. The van der Waals surface area contributed by atoms with E-state index in [1.807, 2.05) is 21.1 Å². The van der Waals surface area contributed by atoms with Crippen LogP contribution in [0.1, 0.15) is 322 Å². The van der Waals surface area contributed by atoms with Gasteiger partial charge in [0.1, 0.15) is 19.8 Å². The lowest BCUT2D eigenvalue weighted by atomic mass is 10.0. The van der Waals surface area contributed by atoms with E-state index < -0.39 is 26.5 Å². The molecule has 9 nitrogen and oxygen atoms in total. The number of likely N-dealkylation sites (N-methyl/N-ethyl adjacent to an activating group) is 1. The normalized spacial score (nSPS) is 13.8. The summed E-state index contributed by atoms with van der Waals surface area (Å²) in [4.78, 5) is 38.1. The van der Waals surface area contributed by atoms with Crippen molar-refractivity contribution in [2.75, 3.05) is 47.5 Å². The number of unbranched alkanes of at least 4 members (excludes halogenated alkanes) is 33. The monoisotopic (exact) mass is 1300 g/mol. The molecule has 0 N–H and O–H groups in total. The quantitative estimate of drug-likeness (QED) is 0.0195. The van der Waals surface area contributed by atoms with Gasteiger partial charge < -0.3 is 27.9 Å². The minimum Gasteiger partial charge on any atom is -0.756 e. The van der Waals surface area contributed by atoms with Crippen molar-refractivity contribution in [3.63, 3.8) is 0 Å². The van der Waals surface area contributed by atoms with E-state index in [0.29, 0.717) is 17.4 Å². The van der Waals surface area contributed by atoms with Crippen LogP contribution in [-0.4, -0.2) is 70.0 Å². The first-order chi connectivity index (χ1) is 45.0. The summed E-state index contributed by atoms with van der Waals surface area (Å²) in [6.07, 6.45) is 104. The molecule has 0 amide bonds. The van der Waals surface area contributed by atoms with Crippen molar-refractivity contribution in [2.45, 2.75) is 328 Å². The first-order valence-corrected chi connectivity index (χ1v) is 39.4. The molecule has 0 radical (unpaired) electrons. The van der Waals surface area contributed by atoms with Gasteiger partial charge in [0, 0.05) is 12.8 Å². The molecule has 0 bridgehead atoms. The van der Waals surface area contributed by atoms with Gasteiger partial charge in [-0.2, -0.15) is 0 Å². The predicted molar refractivity (Wildman–Crippen MR) is 397 cm³/mol. The van der Waals surface area contributed by atoms with Gasteiger partial charge in [0.15, 0.2) is 6.10 Å². The third-order valence-electron chi connectivity index (χ3n) is 16.2. The third kappa shape index (κ3) is 75.2. The van der Waals surface area contributed by atoms with Gasteiger partial charge >= 0.3 is 11.9 Å². The van der Waals surface area contributed by atoms with E-state index in [0.717, 1.165) is 103 Å². The molecule has 92 heavy (non-hydrogen) atoms. The Kier molecular flexibility index (Phi) is 68.5. The molecule has 0 heterocycles. The predicted octanol–water partition coefficient (Wildman–Crippen LogP) is 24.5. The van der Waals surface area contributed by atoms with Crippen LogP contribution in [0, 0.1) is 0 Å². The number of ether oxygens (including phenoxy) is 2. The van der Waals surface area contributed by atoms with E-state index in [2.05, 4.69) is 148 Å². The SMILES string of the molecule is CC/C=C\C/C=C\C/C=C\C/C=C\C/C=C\C/C=C\C/C=C\C/C=C\CCCCCCCCCCCCCCCCCCC(=O)OC(COC(=O)CCCCCCCCCCCCCC/C=C\C/C=C\C/C=C\CCCCCCC)COP(=O)([O-])OCC[N+](C)(C)C. The maximum absolute atomic E-state index is 12.9. The van der Waals surface area contributed by atoms with Crippen molar-refractivity contribution in [1.29, 1.82) is 0 Å². The Morgan fingerprint density at radius 3 is 0.924 bits per heavy atom. The second-order valence-corrected chi connectivity index (χ2v) is 27.7. The minimum atomic E-state index is -4.65. The van der Waals surface area contributed by atoms with Crippen molar-refractivity contribution in [3.8, 4) is 0 Å². The Labute approximate surface area is 568 Å². The van der Waals surface area contributed by atoms with Gasteiger partial charge in [-0.05, 0) is 116 Å². The molecule has 0 saturated carbocycles. The summed E-state index contributed by atoms with van der Waals surface area (Å²) in [6, 6.07) is 0. The average Bonchev–Trinajstić information content (AvgIpc) is 2.23. The fourth-order valence-electron chi connectivity index (χ4n) is 10.4. The number of carbonyl (C=O) groups excluding carboxylic acids is 2. The topological polar surface area (TPSA) is 111 Å². The number of nitrogens with zero attached hydrogens (tertiary/aromatic N) is 1. The largest absolute Gasteiger partial charge is 0.756 e. The van der Waals surface area contributed by atoms with Crippen molar-refractivity contribution in [3.05, 3.63) is 134 Å². The fraction of sp³-hybridized carbons (Fsp3) is 0.707. The summed E-state index contributed by atoms with van der Waals surface area (Å²) in [5.74, 6) is -0.830. The van der Waals surface area contributed by atoms with E-state index in [-0.39, 0.29) is 32.0 Å². The van der Waals surface area contributed by atoms with E-state index >= 15 is 0 Å². The minimum absolute atomic E-state index is 0.0348. The molecule has 2 atom stereocenters. The third-order valence-corrected chi connectivity index (χ3v) is 17.1. The van der Waals surface area contributed by atoms with Crippen LogP contribution in [0.3, 0.4) is 0 Å². The van der Waals surface area contributed by atoms with E-state index in [4.69, 9.17) is 18.5 Å². The van der Waals surface area contributed by atoms with Gasteiger partial charge in [-0.3, -0.25) is 14.2 Å². The second-order valence-electron chi connectivity index (χ2n) is 26.3. The molecule has 2 unspecified atom stereocenters. The number of rotatable bonds is 69. The molecule has 0 aliphatic carbocycles. The zero-order valence-electron chi connectivity index (χ0n) is 60.2. The zero-order chi connectivity index (χ0) is 66.9. The average molecular weight is 1300 g/mol. The van der Waals surface area contributed by atoms with Crippen LogP contribution in [0.4, 0.5) is 0 Å². The number of phosphoric acid groups is 1. The highest BCUT2D eigenvalue weighted by Crippen LogP contribution is 2.38. The summed E-state index contributed by atoms with van der Waals surface area (Å²) in [6.45, 7) is 4.14. The number of carbonyl (C=O) groups is 2. The second kappa shape index (κ2) is 71.4. The zero-order valence-corrected chi connectivity index (χ0v) is 61.1. The van der Waals surface area contributed by atoms with Crippen LogP contribution in [0.2, 0.25) is 0 Å². The molecule has 0 aromatic heterocycles. The van der Waals surface area contributed by atoms with Crippen LogP contribution in [0.5, 0.6) is 0 Å². The Balaban J connectivity index is 4.01. The molecule has 0 rings (SSSR count). The number of hydrogen-bond donors (Lipinski definition) is 0. The van der Waals surface area contributed by atoms with E-state index in [1.165, 1.54) is 186 Å². The molecule has 0 saturated heterocycles. The summed E-state index contributed by atoms with van der Waals surface area (Å²) in [5.41, 5.74) is 0. The smallest absolute Gasteiger partial charge is 0.306 e. The Morgan fingerprint density at radius 2 is 0.620 bits per heavy atom. The van der Waals surface area contributed by atoms with Crippen molar-refractivity contribution in [1.82, 2.24) is 0 Å². The van der Waals surface area contributed by atoms with Crippen molar-refractivity contribution >= 4 is 19.8 Å². The molecular formula is C82H142NO8P. The summed E-state index contributed by atoms with van der Waals surface area (Å²) in [5, 5.41) is 0. The van der Waals surface area contributed by atoms with E-state index in [9.17, 15) is 19.0 Å². The van der Waals surface area contributed by atoms with Gasteiger partial charge in [-0.15, -0.1) is 0 Å². The Morgan fingerprint density at radius 1 is 0.348 bits per heavy atom. The molecule has 528 valence electrons. The van der Waals surface area contributed by atoms with Gasteiger partial charge in [-0.1, -0.05) is 327 Å². The first kappa shape index (κ1) is 88.2. The Hall–Kier alpha value is -3.85. The van der Waals surface area contributed by atoms with Gasteiger partial charge in [0.05, 0.1) is 27.7 Å². The lowest BCUT2D eigenvalue weighted by Crippen LogP contribution is -2.37. The molecule has 0 aromatic carbocycles. The standard InChI is InChI=1S/C82H142NO8P/c1-6-8-10-12-14-16-18-20-22-24-26-28-30-32-34-35-36-37-38-39-40-41-42-43-44-45-46-47-49-51-53-55-57-59-61-63-65-67-69-71-73-75-82(85)91-80(79-90-92(86,87)89-77-76-83(3,4)5)78-88-81(84)74-72-70-68-66-64-62-60-58-56-54-52-50-48-33-31-29-27-25-23-21-19-17-15-13-11-9-7-2/h8,10,14,16,19-22,25-28,31-34,36-37,39-40,42-43,80H,6-7,9,11-13,15,17-18,23-24,29-30,35,38,41,44-79H2,1-5H3/b10-8-,16-14-,21-19-,22-20-,27-25-,28-26-,33-31-,34-32-,37-36-,40-39-,43-42-. The van der Waals surface area contributed by atoms with Crippen molar-refractivity contribution < 1.29 is 42.1 Å². The maximum Gasteiger partial charge on any atom is 0.306 e. The number of quaternary nitrogens is 1. The summed E-state index contributed by atoms with van der Waals surface area (Å²) in [7, 11) is 1.16. The van der Waals surface area contributed by atoms with Gasteiger partial charge in [0.2, 0.25) is 0 Å². The highest BCUT2D eigenvalue weighted by Gasteiger charge is 2.22. The molecule has 0 aliphatic heterocycles. The highest BCUT2D eigenvalue weighted by atomic mass is 31.2. The number of esters is 2. The molecule has 0 fully saturated rings. The van der Waals surface area contributed by atoms with Crippen LogP contribution < -0.4 is 4.89 Å². The van der Waals surface area contributed by atoms with Crippen molar-refractivity contribution in [2.24, 2.45) is 0 Å². The summed E-state index contributed by atoms with van der Waals surface area (Å²) >= 11 is 0. The highest BCUT2D eigenvalue weighted by molar-refractivity contribution is 7.45. The Bertz CT molecular complexity index is 2020. The molecule has 0 aromatic rings. The van der Waals surface area contributed by atoms with Crippen LogP contribution in [0.25, 0.3) is 0 Å². The van der Waals surface area contributed by atoms with E-state index in [1.54, 1.807) is 0 Å². The van der Waals surface area contributed by atoms with Crippen LogP contribution in [0.15, 0.2) is 134 Å². The lowest BCUT2D eigenvalue weighted by Gasteiger charge is -2.28. The fourth-order valence-corrected chi connectivity index (χ4v) is 11.1. The molecular weight excluding hydrogens is 1160 g/mol. The maximum atomic E-state index is 12.9. The number of hydrogen-bond acceptors (Lipinski definition) is 8.